The predicted molar refractivity (Wildman–Crippen MR) is 224 cm³/mol. The summed E-state index contributed by atoms with van der Waals surface area (Å²) < 4.78 is 0. The Hall–Kier alpha value is -6.53. The van der Waals surface area contributed by atoms with E-state index >= 15 is 0 Å². The Bertz CT molecular complexity index is 3530. The minimum Gasteiger partial charge on any atom is -0.545 e. The van der Waals surface area contributed by atoms with Gasteiger partial charge in [-0.25, -0.2) is 0 Å². The number of carboxylic acid groups (broad SMARTS) is 2. The Kier molecular flexibility index (Phi) is 5.82. The topological polar surface area (TPSA) is 80.3 Å². The average Bonchev–Trinajstić information content (AvgIpc) is 3.21. The van der Waals surface area contributed by atoms with Gasteiger partial charge in [-0.1, -0.05) is 121 Å². The summed E-state index contributed by atoms with van der Waals surface area (Å²) in [6.07, 6.45) is 0. The fourth-order valence-electron chi connectivity index (χ4n) is 10.3. The zero-order valence-corrected chi connectivity index (χ0v) is 30.5. The van der Waals surface area contributed by atoms with Crippen LogP contribution in [0.3, 0.4) is 0 Å². The van der Waals surface area contributed by atoms with Gasteiger partial charge in [0.25, 0.3) is 0 Å². The van der Waals surface area contributed by atoms with Gasteiger partial charge in [0.2, 0.25) is 0 Å². The molecule has 14 aromatic carbocycles. The Morgan fingerprint density at radius 1 is 0.273 bits per heavy atom. The second-order valence-electron chi connectivity index (χ2n) is 14.9. The molecule has 14 aromatic rings. The summed E-state index contributed by atoms with van der Waals surface area (Å²) in [4.78, 5) is 23.8. The van der Waals surface area contributed by atoms with Crippen molar-refractivity contribution in [3.63, 3.8) is 0 Å². The largest absolute Gasteiger partial charge is 2.00 e. The number of hydrogen-bond acceptors (Lipinski definition) is 4. The van der Waals surface area contributed by atoms with Crippen molar-refractivity contribution in [1.29, 1.82) is 0 Å². The van der Waals surface area contributed by atoms with Crippen molar-refractivity contribution in [1.82, 2.24) is 0 Å². The number of carbonyl (C=O) groups excluding carboxylic acids is 2. The SMILES string of the molecule is O=C([O-])c1cc2ccc3ccc4ccc5ccc6ccc1c1c6c5c4c3c21.O=C([O-])c1cc2ccc3ccc4ccc5ccc6ccc1c1c6c5c4c3c21.[Mg+2]. The van der Waals surface area contributed by atoms with Gasteiger partial charge in [-0.3, -0.25) is 0 Å². The van der Waals surface area contributed by atoms with Gasteiger partial charge in [0.05, 0.1) is 11.9 Å². The van der Waals surface area contributed by atoms with Crippen LogP contribution in [0, 0.1) is 0 Å². The number of rotatable bonds is 2. The molecule has 0 heterocycles. The molecule has 0 aliphatic rings. The number of aromatic carboxylic acids is 2. The fourth-order valence-corrected chi connectivity index (χ4v) is 10.3. The number of carboxylic acids is 2. The smallest absolute Gasteiger partial charge is 0.545 e. The second kappa shape index (κ2) is 10.4. The first-order valence-corrected chi connectivity index (χ1v) is 18.1. The molecule has 0 radical (unpaired) electrons. The molecule has 0 fully saturated rings. The van der Waals surface area contributed by atoms with E-state index in [1.165, 1.54) is 64.6 Å². The van der Waals surface area contributed by atoms with Crippen molar-refractivity contribution < 1.29 is 19.8 Å². The Morgan fingerprint density at radius 3 is 0.691 bits per heavy atom. The first kappa shape index (κ1) is 30.9. The van der Waals surface area contributed by atoms with Crippen LogP contribution in [0.2, 0.25) is 0 Å². The molecule has 0 aromatic heterocycles. The molecule has 0 saturated heterocycles. The molecule has 0 aliphatic heterocycles. The monoisotopic (exact) mass is 710 g/mol. The maximum Gasteiger partial charge on any atom is 2.00 e. The van der Waals surface area contributed by atoms with Crippen molar-refractivity contribution >= 4 is 164 Å². The third-order valence-corrected chi connectivity index (χ3v) is 12.4. The van der Waals surface area contributed by atoms with Crippen LogP contribution in [0.25, 0.3) is 129 Å². The van der Waals surface area contributed by atoms with Gasteiger partial charge in [-0.15, -0.1) is 0 Å². The van der Waals surface area contributed by atoms with Gasteiger partial charge < -0.3 is 19.8 Å². The van der Waals surface area contributed by atoms with Gasteiger partial charge in [-0.05, 0) is 141 Å². The van der Waals surface area contributed by atoms with E-state index < -0.39 is 11.9 Å². The van der Waals surface area contributed by atoms with Crippen LogP contribution in [0.1, 0.15) is 20.7 Å². The normalized spacial score (nSPS) is 12.5. The van der Waals surface area contributed by atoms with E-state index in [1.807, 2.05) is 36.4 Å². The van der Waals surface area contributed by atoms with E-state index in [4.69, 9.17) is 0 Å². The van der Waals surface area contributed by atoms with E-state index in [0.29, 0.717) is 0 Å². The molecule has 14 rings (SSSR count). The third kappa shape index (κ3) is 3.67. The molecule has 0 spiro atoms. The fraction of sp³-hybridized carbons (Fsp3) is 0. The van der Waals surface area contributed by atoms with Crippen LogP contribution in [0.15, 0.2) is 133 Å². The van der Waals surface area contributed by atoms with Gasteiger partial charge in [0.15, 0.2) is 0 Å². The number of benzene rings is 14. The van der Waals surface area contributed by atoms with E-state index in [2.05, 4.69) is 84.9 Å². The van der Waals surface area contributed by atoms with Crippen molar-refractivity contribution in [2.45, 2.75) is 0 Å². The molecule has 0 amide bonds. The molecular formula is C50H22MgO4. The maximum absolute atomic E-state index is 11.9. The van der Waals surface area contributed by atoms with Crippen molar-refractivity contribution in [2.75, 3.05) is 0 Å². The standard InChI is InChI=1S/2C25H12O2.Mg/c2*26-25(27)18-11-16-8-7-14-4-2-12-1-3-13-5-6-15-9-10-17(18)24-22(15)20(13)19(12)21(14)23(16)24;/h2*1-11H,(H,26,27);/q;;+2/p-2. The molecule has 5 heteroatoms. The molecule has 4 nitrogen and oxygen atoms in total. The van der Waals surface area contributed by atoms with Crippen molar-refractivity contribution in [3.05, 3.63) is 145 Å². The van der Waals surface area contributed by atoms with E-state index in [-0.39, 0.29) is 34.2 Å². The van der Waals surface area contributed by atoms with Crippen LogP contribution in [-0.4, -0.2) is 35.0 Å². The van der Waals surface area contributed by atoms with E-state index in [0.717, 1.165) is 64.6 Å². The van der Waals surface area contributed by atoms with Crippen LogP contribution in [-0.2, 0) is 0 Å². The van der Waals surface area contributed by atoms with Gasteiger partial charge in [0.1, 0.15) is 0 Å². The van der Waals surface area contributed by atoms with Crippen LogP contribution < -0.4 is 10.2 Å². The molecule has 0 atom stereocenters. The number of carbonyl (C=O) groups is 2. The third-order valence-electron chi connectivity index (χ3n) is 12.4. The summed E-state index contributed by atoms with van der Waals surface area (Å²) in [6, 6.07) is 45.7. The van der Waals surface area contributed by atoms with E-state index in [9.17, 15) is 19.8 Å². The first-order chi connectivity index (χ1) is 26.4. The Balaban J connectivity index is 0.000000120. The van der Waals surface area contributed by atoms with Crippen LogP contribution in [0.4, 0.5) is 0 Å². The zero-order chi connectivity index (χ0) is 35.7. The average molecular weight is 711 g/mol. The van der Waals surface area contributed by atoms with Gasteiger partial charge in [0, 0.05) is 11.1 Å². The van der Waals surface area contributed by atoms with Gasteiger partial charge in [-0.2, -0.15) is 0 Å². The molecule has 248 valence electrons. The van der Waals surface area contributed by atoms with E-state index in [1.54, 1.807) is 12.1 Å². The number of hydrogen-bond donors (Lipinski definition) is 0. The van der Waals surface area contributed by atoms with Crippen LogP contribution >= 0.6 is 0 Å². The van der Waals surface area contributed by atoms with Crippen molar-refractivity contribution in [3.8, 4) is 0 Å². The maximum atomic E-state index is 11.9. The summed E-state index contributed by atoms with van der Waals surface area (Å²) in [5.74, 6) is -2.25. The molecular weight excluding hydrogens is 689 g/mol. The minimum absolute atomic E-state index is 0. The van der Waals surface area contributed by atoms with Crippen molar-refractivity contribution in [2.24, 2.45) is 0 Å². The summed E-state index contributed by atoms with van der Waals surface area (Å²) in [5.41, 5.74) is 0.532. The second-order valence-corrected chi connectivity index (χ2v) is 14.9. The van der Waals surface area contributed by atoms with Gasteiger partial charge >= 0.3 is 23.1 Å². The molecule has 0 N–H and O–H groups in total. The molecule has 0 unspecified atom stereocenters. The van der Waals surface area contributed by atoms with Crippen LogP contribution in [0.5, 0.6) is 0 Å². The summed E-state index contributed by atoms with van der Waals surface area (Å²) in [6.45, 7) is 0. The minimum atomic E-state index is -1.12. The Morgan fingerprint density at radius 2 is 0.455 bits per heavy atom. The summed E-state index contributed by atoms with van der Waals surface area (Å²) in [7, 11) is 0. The summed E-state index contributed by atoms with van der Waals surface area (Å²) >= 11 is 0. The zero-order valence-electron chi connectivity index (χ0n) is 29.0. The molecule has 0 aliphatic carbocycles. The predicted octanol–water partition coefficient (Wildman–Crippen LogP) is 10.2. The molecule has 0 saturated carbocycles. The molecule has 0 bridgehead atoms. The molecule has 55 heavy (non-hydrogen) atoms. The Labute approximate surface area is 326 Å². The first-order valence-electron chi connectivity index (χ1n) is 18.1. The summed E-state index contributed by atoms with van der Waals surface area (Å²) in [5, 5.41) is 50.9. The quantitative estimate of drug-likeness (QED) is 0.102.